The van der Waals surface area contributed by atoms with E-state index in [1.165, 1.54) is 0 Å². The van der Waals surface area contributed by atoms with E-state index in [2.05, 4.69) is 27.3 Å². The second-order valence-corrected chi connectivity index (χ2v) is 4.74. The van der Waals surface area contributed by atoms with Crippen LogP contribution in [-0.4, -0.2) is 7.11 Å². The number of nitrogens with zero attached hydrogens (tertiary/aromatic N) is 1. The number of nitrogen functional groups attached to an aromatic ring is 1. The molecule has 0 radical (unpaired) electrons. The van der Waals surface area contributed by atoms with Crippen molar-refractivity contribution in [2.75, 3.05) is 18.2 Å². The van der Waals surface area contributed by atoms with Gasteiger partial charge < -0.3 is 15.8 Å². The van der Waals surface area contributed by atoms with Crippen LogP contribution < -0.4 is 15.8 Å². The third-order valence-corrected chi connectivity index (χ3v) is 3.32. The van der Waals surface area contributed by atoms with Gasteiger partial charge in [-0.1, -0.05) is 0 Å². The Morgan fingerprint density at radius 3 is 2.68 bits per heavy atom. The van der Waals surface area contributed by atoms with E-state index >= 15 is 0 Å². The fourth-order valence-corrected chi connectivity index (χ4v) is 1.95. The van der Waals surface area contributed by atoms with Gasteiger partial charge in [-0.15, -0.1) is 0 Å². The SMILES string of the molecule is COc1ccc(Br)c(Nc2cc(C#N)ccc2N)c1. The molecule has 0 heterocycles. The van der Waals surface area contributed by atoms with Crippen LogP contribution in [0.3, 0.4) is 0 Å². The highest BCUT2D eigenvalue weighted by molar-refractivity contribution is 9.10. The maximum absolute atomic E-state index is 8.91. The molecule has 3 N–H and O–H groups in total. The fourth-order valence-electron chi connectivity index (χ4n) is 1.61. The number of nitrogens with two attached hydrogens (primary N) is 1. The zero-order chi connectivity index (χ0) is 13.8. The van der Waals surface area contributed by atoms with Gasteiger partial charge in [0.2, 0.25) is 0 Å². The van der Waals surface area contributed by atoms with Gasteiger partial charge in [0.05, 0.1) is 35.8 Å². The molecule has 0 amide bonds. The molecule has 0 atom stereocenters. The average Bonchev–Trinajstić information content (AvgIpc) is 2.43. The van der Waals surface area contributed by atoms with Crippen molar-refractivity contribution in [3.05, 3.63) is 46.4 Å². The highest BCUT2D eigenvalue weighted by Gasteiger charge is 2.06. The third-order valence-electron chi connectivity index (χ3n) is 2.63. The zero-order valence-electron chi connectivity index (χ0n) is 10.3. The Hall–Kier alpha value is -2.19. The number of nitriles is 1. The minimum absolute atomic E-state index is 0.552. The van der Waals surface area contributed by atoms with Crippen molar-refractivity contribution < 1.29 is 4.74 Å². The molecular weight excluding hydrogens is 306 g/mol. The lowest BCUT2D eigenvalue weighted by Crippen LogP contribution is -1.98. The van der Waals surface area contributed by atoms with Crippen LogP contribution in [0.4, 0.5) is 17.1 Å². The summed E-state index contributed by atoms with van der Waals surface area (Å²) < 4.78 is 6.06. The van der Waals surface area contributed by atoms with Crippen LogP contribution >= 0.6 is 15.9 Å². The average molecular weight is 318 g/mol. The lowest BCUT2D eigenvalue weighted by atomic mass is 10.2. The summed E-state index contributed by atoms with van der Waals surface area (Å²) in [5.41, 5.74) is 8.53. The summed E-state index contributed by atoms with van der Waals surface area (Å²) in [5.74, 6) is 0.737. The van der Waals surface area contributed by atoms with Crippen molar-refractivity contribution in [2.45, 2.75) is 0 Å². The fraction of sp³-hybridized carbons (Fsp3) is 0.0714. The topological polar surface area (TPSA) is 71.1 Å². The molecule has 2 aromatic rings. The van der Waals surface area contributed by atoms with E-state index in [1.54, 1.807) is 25.3 Å². The Bertz CT molecular complexity index is 650. The first-order chi connectivity index (χ1) is 9.13. The van der Waals surface area contributed by atoms with Gasteiger partial charge in [-0.25, -0.2) is 0 Å². The smallest absolute Gasteiger partial charge is 0.121 e. The number of hydrogen-bond donors (Lipinski definition) is 2. The Morgan fingerprint density at radius 2 is 2.00 bits per heavy atom. The molecule has 5 heteroatoms. The van der Waals surface area contributed by atoms with E-state index in [0.29, 0.717) is 16.9 Å². The van der Waals surface area contributed by atoms with Crippen molar-refractivity contribution in [3.63, 3.8) is 0 Å². The van der Waals surface area contributed by atoms with Crippen molar-refractivity contribution in [2.24, 2.45) is 0 Å². The minimum Gasteiger partial charge on any atom is -0.497 e. The van der Waals surface area contributed by atoms with Crippen LogP contribution in [0, 0.1) is 11.3 Å². The lowest BCUT2D eigenvalue weighted by molar-refractivity contribution is 0.415. The standard InChI is InChI=1S/C14H12BrN3O/c1-19-10-3-4-11(15)13(7-10)18-14-6-9(8-16)2-5-12(14)17/h2-7,18H,17H2,1H3. The van der Waals surface area contributed by atoms with Crippen molar-refractivity contribution in [1.29, 1.82) is 5.26 Å². The largest absolute Gasteiger partial charge is 0.497 e. The third kappa shape index (κ3) is 2.98. The Balaban J connectivity index is 2.38. The van der Waals surface area contributed by atoms with Crippen LogP contribution in [0.5, 0.6) is 5.75 Å². The number of methoxy groups -OCH3 is 1. The lowest BCUT2D eigenvalue weighted by Gasteiger charge is -2.12. The van der Waals surface area contributed by atoms with Crippen molar-refractivity contribution >= 4 is 33.0 Å². The number of nitrogens with one attached hydrogen (secondary N) is 1. The van der Waals surface area contributed by atoms with Crippen LogP contribution in [0.1, 0.15) is 5.56 Å². The molecule has 96 valence electrons. The molecule has 0 spiro atoms. The molecule has 0 fully saturated rings. The quantitative estimate of drug-likeness (QED) is 0.847. The van der Waals surface area contributed by atoms with Gasteiger partial charge >= 0.3 is 0 Å². The maximum Gasteiger partial charge on any atom is 0.121 e. The molecule has 0 aromatic heterocycles. The summed E-state index contributed by atoms with van der Waals surface area (Å²) in [5, 5.41) is 12.1. The van der Waals surface area contributed by atoms with Gasteiger partial charge in [0.25, 0.3) is 0 Å². The number of anilines is 3. The first kappa shape index (κ1) is 13.2. The monoisotopic (exact) mass is 317 g/mol. The summed E-state index contributed by atoms with van der Waals surface area (Å²) in [6.07, 6.45) is 0. The van der Waals surface area contributed by atoms with Gasteiger partial charge in [0, 0.05) is 10.5 Å². The highest BCUT2D eigenvalue weighted by atomic mass is 79.9. The number of hydrogen-bond acceptors (Lipinski definition) is 4. The van der Waals surface area contributed by atoms with E-state index in [4.69, 9.17) is 15.7 Å². The van der Waals surface area contributed by atoms with E-state index in [1.807, 2.05) is 18.2 Å². The molecule has 0 unspecified atom stereocenters. The number of rotatable bonds is 3. The van der Waals surface area contributed by atoms with Crippen LogP contribution in [0.25, 0.3) is 0 Å². The predicted molar refractivity (Wildman–Crippen MR) is 79.5 cm³/mol. The zero-order valence-corrected chi connectivity index (χ0v) is 11.9. The molecular formula is C14H12BrN3O. The number of ether oxygens (including phenoxy) is 1. The van der Waals surface area contributed by atoms with Gasteiger partial charge in [-0.3, -0.25) is 0 Å². The summed E-state index contributed by atoms with van der Waals surface area (Å²) in [4.78, 5) is 0. The van der Waals surface area contributed by atoms with Gasteiger partial charge in [0.1, 0.15) is 5.75 Å². The second kappa shape index (κ2) is 5.63. The number of benzene rings is 2. The predicted octanol–water partition coefficient (Wildman–Crippen LogP) is 3.66. The minimum atomic E-state index is 0.552. The molecule has 0 saturated heterocycles. The summed E-state index contributed by atoms with van der Waals surface area (Å²) in [6.45, 7) is 0. The first-order valence-corrected chi connectivity index (χ1v) is 6.33. The van der Waals surface area contributed by atoms with Gasteiger partial charge in [-0.2, -0.15) is 5.26 Å². The summed E-state index contributed by atoms with van der Waals surface area (Å²) in [6, 6.07) is 12.8. The molecule has 2 aromatic carbocycles. The van der Waals surface area contributed by atoms with Crippen molar-refractivity contribution in [3.8, 4) is 11.8 Å². The van der Waals surface area contributed by atoms with E-state index in [-0.39, 0.29) is 0 Å². The Morgan fingerprint density at radius 1 is 1.21 bits per heavy atom. The van der Waals surface area contributed by atoms with Gasteiger partial charge in [0.15, 0.2) is 0 Å². The Labute approximate surface area is 119 Å². The van der Waals surface area contributed by atoms with Crippen LogP contribution in [0.15, 0.2) is 40.9 Å². The molecule has 4 nitrogen and oxygen atoms in total. The molecule has 2 rings (SSSR count). The van der Waals surface area contributed by atoms with Crippen LogP contribution in [0.2, 0.25) is 0 Å². The molecule has 19 heavy (non-hydrogen) atoms. The molecule has 0 aliphatic carbocycles. The molecule has 0 bridgehead atoms. The van der Waals surface area contributed by atoms with Gasteiger partial charge in [-0.05, 0) is 46.3 Å². The highest BCUT2D eigenvalue weighted by Crippen LogP contribution is 2.32. The second-order valence-electron chi connectivity index (χ2n) is 3.88. The molecule has 0 aliphatic heterocycles. The normalized spacial score (nSPS) is 9.74. The molecule has 0 aliphatic rings. The molecule has 0 saturated carbocycles. The first-order valence-electron chi connectivity index (χ1n) is 5.54. The summed E-state index contributed by atoms with van der Waals surface area (Å²) in [7, 11) is 1.61. The van der Waals surface area contributed by atoms with Crippen molar-refractivity contribution in [1.82, 2.24) is 0 Å². The van der Waals surface area contributed by atoms with E-state index < -0.39 is 0 Å². The number of halogens is 1. The Kier molecular flexibility index (Phi) is 3.93. The van der Waals surface area contributed by atoms with E-state index in [9.17, 15) is 0 Å². The van der Waals surface area contributed by atoms with Crippen LogP contribution in [-0.2, 0) is 0 Å². The summed E-state index contributed by atoms with van der Waals surface area (Å²) >= 11 is 3.45. The van der Waals surface area contributed by atoms with E-state index in [0.717, 1.165) is 15.9 Å². The maximum atomic E-state index is 8.91.